The summed E-state index contributed by atoms with van der Waals surface area (Å²) in [5.74, 6) is -0.0903. The minimum Gasteiger partial charge on any atom is -0.369 e. The van der Waals surface area contributed by atoms with Gasteiger partial charge in [0.2, 0.25) is 5.91 Å². The van der Waals surface area contributed by atoms with Crippen LogP contribution in [0, 0.1) is 0 Å². The molecule has 3 aromatic rings. The highest BCUT2D eigenvalue weighted by Gasteiger charge is 2.10. The summed E-state index contributed by atoms with van der Waals surface area (Å²) in [5, 5.41) is 3.39. The SMILES string of the molecule is CN(Cc1ccc(Cl)s1)c1ccc(NC(=O)Cc2ccccc2)c(Cl)c1. The molecule has 0 aliphatic rings. The third-order valence-corrected chi connectivity index (χ3v) is 5.43. The van der Waals surface area contributed by atoms with Gasteiger partial charge in [0.15, 0.2) is 0 Å². The van der Waals surface area contributed by atoms with Crippen molar-refractivity contribution in [1.82, 2.24) is 0 Å². The standard InChI is InChI=1S/C20H18Cl2N2OS/c1-24(13-16-8-10-19(22)26-16)15-7-9-18(17(21)12-15)23-20(25)11-14-5-3-2-4-6-14/h2-10,12H,11,13H2,1H3,(H,23,25). The largest absolute Gasteiger partial charge is 0.369 e. The number of rotatable bonds is 6. The summed E-state index contributed by atoms with van der Waals surface area (Å²) in [5.41, 5.74) is 2.55. The first-order valence-electron chi connectivity index (χ1n) is 8.10. The maximum absolute atomic E-state index is 12.2. The van der Waals surface area contributed by atoms with Crippen molar-refractivity contribution < 1.29 is 4.79 Å². The van der Waals surface area contributed by atoms with E-state index in [1.54, 1.807) is 11.3 Å². The summed E-state index contributed by atoms with van der Waals surface area (Å²) >= 11 is 13.9. The molecule has 26 heavy (non-hydrogen) atoms. The van der Waals surface area contributed by atoms with E-state index in [2.05, 4.69) is 10.2 Å². The fourth-order valence-electron chi connectivity index (χ4n) is 2.58. The van der Waals surface area contributed by atoms with Gasteiger partial charge in [0.05, 0.1) is 28.0 Å². The normalized spacial score (nSPS) is 10.6. The van der Waals surface area contributed by atoms with Gasteiger partial charge in [0.25, 0.3) is 0 Å². The quantitative estimate of drug-likeness (QED) is 0.556. The number of carbonyl (C=O) groups excluding carboxylic acids is 1. The van der Waals surface area contributed by atoms with Crippen molar-refractivity contribution in [3.8, 4) is 0 Å². The average molecular weight is 405 g/mol. The fourth-order valence-corrected chi connectivity index (χ4v) is 3.94. The molecule has 0 saturated carbocycles. The number of hydrogen-bond acceptors (Lipinski definition) is 3. The van der Waals surface area contributed by atoms with Crippen LogP contribution in [0.3, 0.4) is 0 Å². The molecule has 134 valence electrons. The molecule has 0 radical (unpaired) electrons. The van der Waals surface area contributed by atoms with Crippen LogP contribution in [-0.4, -0.2) is 13.0 Å². The van der Waals surface area contributed by atoms with Gasteiger partial charge in [-0.1, -0.05) is 53.5 Å². The molecular formula is C20H18Cl2N2OS. The molecule has 2 aromatic carbocycles. The molecule has 0 fully saturated rings. The Bertz CT molecular complexity index is 896. The highest BCUT2D eigenvalue weighted by molar-refractivity contribution is 7.16. The lowest BCUT2D eigenvalue weighted by Gasteiger charge is -2.19. The van der Waals surface area contributed by atoms with Gasteiger partial charge in [-0.3, -0.25) is 4.79 Å². The van der Waals surface area contributed by atoms with E-state index in [-0.39, 0.29) is 5.91 Å². The Morgan fingerprint density at radius 1 is 1.08 bits per heavy atom. The molecule has 0 aliphatic heterocycles. The minimum atomic E-state index is -0.0903. The molecule has 0 bridgehead atoms. The maximum atomic E-state index is 12.2. The van der Waals surface area contributed by atoms with Gasteiger partial charge < -0.3 is 10.2 Å². The van der Waals surface area contributed by atoms with Gasteiger partial charge >= 0.3 is 0 Å². The number of nitrogens with one attached hydrogen (secondary N) is 1. The van der Waals surface area contributed by atoms with E-state index in [1.807, 2.05) is 67.7 Å². The monoisotopic (exact) mass is 404 g/mol. The number of halogens is 2. The highest BCUT2D eigenvalue weighted by atomic mass is 35.5. The van der Waals surface area contributed by atoms with E-state index in [0.29, 0.717) is 17.1 Å². The van der Waals surface area contributed by atoms with Gasteiger partial charge in [-0.25, -0.2) is 0 Å². The van der Waals surface area contributed by atoms with Gasteiger partial charge in [-0.15, -0.1) is 11.3 Å². The van der Waals surface area contributed by atoms with E-state index < -0.39 is 0 Å². The maximum Gasteiger partial charge on any atom is 0.228 e. The van der Waals surface area contributed by atoms with Crippen LogP contribution >= 0.6 is 34.5 Å². The molecule has 1 aromatic heterocycles. The topological polar surface area (TPSA) is 32.3 Å². The minimum absolute atomic E-state index is 0.0903. The predicted octanol–water partition coefficient (Wildman–Crippen LogP) is 5.87. The van der Waals surface area contributed by atoms with Gasteiger partial charge in [0.1, 0.15) is 0 Å². The van der Waals surface area contributed by atoms with Crippen molar-refractivity contribution in [2.45, 2.75) is 13.0 Å². The zero-order valence-electron chi connectivity index (χ0n) is 14.2. The van der Waals surface area contributed by atoms with Crippen LogP contribution in [0.2, 0.25) is 9.36 Å². The van der Waals surface area contributed by atoms with E-state index >= 15 is 0 Å². The summed E-state index contributed by atoms with van der Waals surface area (Å²) in [4.78, 5) is 15.5. The molecule has 3 nitrogen and oxygen atoms in total. The van der Waals surface area contributed by atoms with Crippen LogP contribution in [0.15, 0.2) is 60.7 Å². The number of benzene rings is 2. The highest BCUT2D eigenvalue weighted by Crippen LogP contribution is 2.29. The fraction of sp³-hybridized carbons (Fsp3) is 0.150. The summed E-state index contributed by atoms with van der Waals surface area (Å²) in [7, 11) is 1.99. The van der Waals surface area contributed by atoms with E-state index in [4.69, 9.17) is 23.2 Å². The van der Waals surface area contributed by atoms with Crippen LogP contribution < -0.4 is 10.2 Å². The first kappa shape index (κ1) is 18.8. The second-order valence-electron chi connectivity index (χ2n) is 5.94. The molecule has 3 rings (SSSR count). The summed E-state index contributed by atoms with van der Waals surface area (Å²) in [6.07, 6.45) is 0.317. The summed E-state index contributed by atoms with van der Waals surface area (Å²) in [6.45, 7) is 0.743. The third kappa shape index (κ3) is 5.01. The number of amides is 1. The Morgan fingerprint density at radius 2 is 1.85 bits per heavy atom. The van der Waals surface area contributed by atoms with E-state index in [0.717, 1.165) is 22.1 Å². The molecule has 0 atom stereocenters. The second-order valence-corrected chi connectivity index (χ2v) is 8.14. The number of hydrogen-bond donors (Lipinski definition) is 1. The van der Waals surface area contributed by atoms with Crippen molar-refractivity contribution in [2.24, 2.45) is 0 Å². The van der Waals surface area contributed by atoms with Crippen molar-refractivity contribution in [1.29, 1.82) is 0 Å². The van der Waals surface area contributed by atoms with Gasteiger partial charge in [-0.2, -0.15) is 0 Å². The number of carbonyl (C=O) groups is 1. The summed E-state index contributed by atoms with van der Waals surface area (Å²) < 4.78 is 0.780. The summed E-state index contributed by atoms with van der Waals surface area (Å²) in [6, 6.07) is 19.2. The van der Waals surface area contributed by atoms with Crippen molar-refractivity contribution in [3.63, 3.8) is 0 Å². The van der Waals surface area contributed by atoms with Crippen molar-refractivity contribution in [2.75, 3.05) is 17.3 Å². The zero-order valence-corrected chi connectivity index (χ0v) is 16.5. The zero-order chi connectivity index (χ0) is 18.5. The molecule has 1 N–H and O–H groups in total. The molecule has 1 heterocycles. The molecule has 1 amide bonds. The number of anilines is 2. The van der Waals surface area contributed by atoms with Crippen LogP contribution in [0.5, 0.6) is 0 Å². The van der Waals surface area contributed by atoms with Gasteiger partial charge in [-0.05, 0) is 35.9 Å². The van der Waals surface area contributed by atoms with Crippen molar-refractivity contribution in [3.05, 3.63) is 80.5 Å². The first-order valence-corrected chi connectivity index (χ1v) is 9.67. The molecule has 6 heteroatoms. The molecular weight excluding hydrogens is 387 g/mol. The Labute approximate surface area is 167 Å². The lowest BCUT2D eigenvalue weighted by atomic mass is 10.1. The smallest absolute Gasteiger partial charge is 0.228 e. The van der Waals surface area contributed by atoms with Crippen LogP contribution in [0.1, 0.15) is 10.4 Å². The lowest BCUT2D eigenvalue weighted by molar-refractivity contribution is -0.115. The average Bonchev–Trinajstić information content (AvgIpc) is 3.02. The first-order chi connectivity index (χ1) is 12.5. The lowest BCUT2D eigenvalue weighted by Crippen LogP contribution is -2.17. The number of thiophene rings is 1. The Morgan fingerprint density at radius 3 is 2.50 bits per heavy atom. The van der Waals surface area contributed by atoms with Gasteiger partial charge in [0, 0.05) is 17.6 Å². The molecule has 0 aliphatic carbocycles. The predicted molar refractivity (Wildman–Crippen MR) is 112 cm³/mol. The Balaban J connectivity index is 1.64. The van der Waals surface area contributed by atoms with E-state index in [9.17, 15) is 4.79 Å². The Kier molecular flexibility index (Phi) is 6.20. The van der Waals surface area contributed by atoms with Crippen LogP contribution in [0.25, 0.3) is 0 Å². The molecule has 0 saturated heterocycles. The third-order valence-electron chi connectivity index (χ3n) is 3.90. The van der Waals surface area contributed by atoms with Crippen LogP contribution in [0.4, 0.5) is 11.4 Å². The second kappa shape index (κ2) is 8.58. The van der Waals surface area contributed by atoms with Crippen molar-refractivity contribution >= 4 is 51.8 Å². The molecule has 0 unspecified atom stereocenters. The molecule has 0 spiro atoms. The Hall–Kier alpha value is -2.01. The van der Waals surface area contributed by atoms with Crippen LogP contribution in [-0.2, 0) is 17.8 Å². The number of nitrogens with zero attached hydrogens (tertiary/aromatic N) is 1. The van der Waals surface area contributed by atoms with E-state index in [1.165, 1.54) is 4.88 Å².